The molecule has 3 rings (SSSR count). The number of ether oxygens (including phenoxy) is 1. The van der Waals surface area contributed by atoms with Crippen molar-refractivity contribution < 1.29 is 9.53 Å². The molecule has 28 heavy (non-hydrogen) atoms. The molecule has 0 aliphatic carbocycles. The Bertz CT molecular complexity index is 925. The van der Waals surface area contributed by atoms with E-state index in [1.807, 2.05) is 39.8 Å². The lowest BCUT2D eigenvalue weighted by Crippen LogP contribution is -2.09. The molecule has 0 amide bonds. The number of carbonyl (C=O) groups excluding carboxylic acids is 1. The molecule has 0 spiro atoms. The van der Waals surface area contributed by atoms with Crippen molar-refractivity contribution in [3.8, 4) is 5.75 Å². The molecule has 0 saturated carbocycles. The van der Waals surface area contributed by atoms with E-state index in [1.54, 1.807) is 0 Å². The molecule has 0 aliphatic heterocycles. The lowest BCUT2D eigenvalue weighted by molar-refractivity contribution is -0.129. The minimum absolute atomic E-state index is 0.218. The van der Waals surface area contributed by atoms with Crippen molar-refractivity contribution in [3.63, 3.8) is 0 Å². The Kier molecular flexibility index (Phi) is 6.37. The van der Waals surface area contributed by atoms with Crippen LogP contribution in [0.3, 0.4) is 0 Å². The zero-order valence-electron chi connectivity index (χ0n) is 16.7. The molecule has 3 aromatic carbocycles. The molecule has 0 aromatic heterocycles. The van der Waals surface area contributed by atoms with Gasteiger partial charge in [0.1, 0.15) is 5.75 Å². The largest absolute Gasteiger partial charge is 0.423 e. The van der Waals surface area contributed by atoms with Crippen molar-refractivity contribution in [2.24, 2.45) is 0 Å². The van der Waals surface area contributed by atoms with Crippen LogP contribution in [0.4, 0.5) is 0 Å². The number of rotatable bonds is 5. The van der Waals surface area contributed by atoms with Crippen LogP contribution in [0.25, 0.3) is 0 Å². The van der Waals surface area contributed by atoms with Crippen molar-refractivity contribution in [3.05, 3.63) is 95.6 Å². The van der Waals surface area contributed by atoms with Gasteiger partial charge in [-0.2, -0.15) is 0 Å². The Labute approximate surface area is 170 Å². The van der Waals surface area contributed by atoms with E-state index in [1.165, 1.54) is 20.8 Å². The van der Waals surface area contributed by atoms with E-state index < -0.39 is 0 Å². The number of hydrogen-bond acceptors (Lipinski definition) is 2. The topological polar surface area (TPSA) is 26.3 Å². The second-order valence-corrected chi connectivity index (χ2v) is 8.99. The van der Waals surface area contributed by atoms with Crippen molar-refractivity contribution >= 4 is 16.9 Å². The summed E-state index contributed by atoms with van der Waals surface area (Å²) in [6, 6.07) is 25.3. The number of aryl methyl sites for hydroxylation is 2. The molecule has 2 nitrogen and oxygen atoms in total. The molecular weight excluding hydrogens is 364 g/mol. The molecule has 0 unspecified atom stereocenters. The van der Waals surface area contributed by atoms with E-state index in [0.29, 0.717) is 5.75 Å². The molecule has 0 N–H and O–H groups in total. The number of hydrogen-bond donors (Lipinski definition) is 0. The number of carbonyl (C=O) groups is 1. The van der Waals surface area contributed by atoms with Gasteiger partial charge < -0.3 is 4.74 Å². The van der Waals surface area contributed by atoms with Gasteiger partial charge >= 0.3 is 5.97 Å². The van der Waals surface area contributed by atoms with Gasteiger partial charge in [0, 0.05) is 18.2 Å². The lowest BCUT2D eigenvalue weighted by atomic mass is 10.1. The zero-order chi connectivity index (χ0) is 20.1. The molecule has 0 bridgehead atoms. The van der Waals surface area contributed by atoms with Crippen molar-refractivity contribution in [2.75, 3.05) is 0 Å². The Morgan fingerprint density at radius 3 is 1.68 bits per heavy atom. The summed E-state index contributed by atoms with van der Waals surface area (Å²) in [6.07, 6.45) is 1.52. The average molecular weight is 390 g/mol. The highest BCUT2D eigenvalue weighted by Crippen LogP contribution is 2.35. The second-order valence-electron chi connectivity index (χ2n) is 6.96. The van der Waals surface area contributed by atoms with Gasteiger partial charge in [-0.1, -0.05) is 42.0 Å². The van der Waals surface area contributed by atoms with Crippen LogP contribution in [0, 0.1) is 13.8 Å². The van der Waals surface area contributed by atoms with E-state index in [9.17, 15) is 4.79 Å². The SMILES string of the molecule is CC(C)=CC(=O)Oc1c(C)cc([S+](c2ccccc2)c2ccccc2)cc1C. The predicted octanol–water partition coefficient (Wildman–Crippen LogP) is 6.27. The van der Waals surface area contributed by atoms with Crippen LogP contribution in [-0.2, 0) is 15.7 Å². The summed E-state index contributed by atoms with van der Waals surface area (Å²) in [7, 11) is -0.218. The minimum atomic E-state index is -0.330. The van der Waals surface area contributed by atoms with Crippen LogP contribution in [0.2, 0.25) is 0 Å². The number of benzene rings is 3. The van der Waals surface area contributed by atoms with E-state index in [-0.39, 0.29) is 16.9 Å². The van der Waals surface area contributed by atoms with Crippen LogP contribution in [-0.4, -0.2) is 5.97 Å². The lowest BCUT2D eigenvalue weighted by Gasteiger charge is -2.13. The smallest absolute Gasteiger partial charge is 0.336 e. The van der Waals surface area contributed by atoms with Gasteiger partial charge in [-0.25, -0.2) is 4.79 Å². The van der Waals surface area contributed by atoms with Gasteiger partial charge in [0.15, 0.2) is 14.7 Å². The predicted molar refractivity (Wildman–Crippen MR) is 116 cm³/mol. The van der Waals surface area contributed by atoms with Crippen molar-refractivity contribution in [1.29, 1.82) is 0 Å². The molecule has 0 heterocycles. The van der Waals surface area contributed by atoms with Gasteiger partial charge in [0.05, 0.1) is 10.9 Å². The van der Waals surface area contributed by atoms with E-state index >= 15 is 0 Å². The number of allylic oxidation sites excluding steroid dienone is 1. The Hall–Kier alpha value is -2.78. The van der Waals surface area contributed by atoms with Gasteiger partial charge in [-0.3, -0.25) is 0 Å². The summed E-state index contributed by atoms with van der Waals surface area (Å²) in [4.78, 5) is 15.8. The van der Waals surface area contributed by atoms with E-state index in [4.69, 9.17) is 4.74 Å². The molecule has 0 aliphatic rings. The summed E-state index contributed by atoms with van der Waals surface area (Å²) >= 11 is 0. The third kappa shape index (κ3) is 4.73. The maximum atomic E-state index is 12.1. The van der Waals surface area contributed by atoms with Crippen molar-refractivity contribution in [2.45, 2.75) is 42.4 Å². The summed E-state index contributed by atoms with van der Waals surface area (Å²) in [5.41, 5.74) is 2.86. The standard InChI is InChI=1S/C25H25O2S/c1-18(2)15-24(26)27-25-19(3)16-23(17-20(25)4)28(21-11-7-5-8-12-21)22-13-9-6-10-14-22/h5-17H,1-4H3/q+1. The highest BCUT2D eigenvalue weighted by atomic mass is 32.2. The Morgan fingerprint density at radius 2 is 1.25 bits per heavy atom. The Morgan fingerprint density at radius 1 is 0.786 bits per heavy atom. The first-order chi connectivity index (χ1) is 13.5. The zero-order valence-corrected chi connectivity index (χ0v) is 17.5. The van der Waals surface area contributed by atoms with Crippen LogP contribution in [0.5, 0.6) is 5.75 Å². The third-order valence-electron chi connectivity index (χ3n) is 4.24. The summed E-state index contributed by atoms with van der Waals surface area (Å²) in [5.74, 6) is 0.319. The molecule has 0 saturated heterocycles. The quantitative estimate of drug-likeness (QED) is 0.222. The average Bonchev–Trinajstić information content (AvgIpc) is 2.66. The number of esters is 1. The first kappa shape index (κ1) is 20.0. The van der Waals surface area contributed by atoms with Crippen molar-refractivity contribution in [1.82, 2.24) is 0 Å². The summed E-state index contributed by atoms with van der Waals surface area (Å²) in [5, 5.41) is 0. The summed E-state index contributed by atoms with van der Waals surface area (Å²) < 4.78 is 5.62. The highest BCUT2D eigenvalue weighted by molar-refractivity contribution is 7.97. The Balaban J connectivity index is 2.05. The monoisotopic (exact) mass is 389 g/mol. The van der Waals surface area contributed by atoms with Crippen LogP contribution in [0.1, 0.15) is 25.0 Å². The fourth-order valence-electron chi connectivity index (χ4n) is 3.08. The van der Waals surface area contributed by atoms with E-state index in [2.05, 4.69) is 60.7 Å². The normalized spacial score (nSPS) is 10.6. The van der Waals surface area contributed by atoms with Gasteiger partial charge in [-0.05, 0) is 63.1 Å². The molecule has 0 radical (unpaired) electrons. The van der Waals surface area contributed by atoms with Gasteiger partial charge in [0.2, 0.25) is 0 Å². The highest BCUT2D eigenvalue weighted by Gasteiger charge is 2.29. The van der Waals surface area contributed by atoms with E-state index in [0.717, 1.165) is 16.7 Å². The van der Waals surface area contributed by atoms with Gasteiger partial charge in [0.25, 0.3) is 0 Å². The molecule has 0 atom stereocenters. The molecular formula is C25H25O2S+. The molecule has 3 heteroatoms. The molecule has 3 aromatic rings. The first-order valence-corrected chi connectivity index (χ1v) is 10.5. The fourth-order valence-corrected chi connectivity index (χ4v) is 5.34. The minimum Gasteiger partial charge on any atom is -0.423 e. The molecule has 142 valence electrons. The maximum Gasteiger partial charge on any atom is 0.336 e. The third-order valence-corrected chi connectivity index (χ3v) is 6.43. The van der Waals surface area contributed by atoms with Gasteiger partial charge in [-0.15, -0.1) is 0 Å². The van der Waals surface area contributed by atoms with Crippen LogP contribution >= 0.6 is 0 Å². The van der Waals surface area contributed by atoms with Crippen LogP contribution in [0.15, 0.2) is 99.1 Å². The molecule has 0 fully saturated rings. The maximum absolute atomic E-state index is 12.1. The van der Waals surface area contributed by atoms with Crippen LogP contribution < -0.4 is 4.74 Å². The first-order valence-electron chi connectivity index (χ1n) is 9.28. The fraction of sp³-hybridized carbons (Fsp3) is 0.160. The summed E-state index contributed by atoms with van der Waals surface area (Å²) in [6.45, 7) is 7.77. The second kappa shape index (κ2) is 8.94.